The fourth-order valence-corrected chi connectivity index (χ4v) is 6.49. The van der Waals surface area contributed by atoms with Crippen LogP contribution in [0.3, 0.4) is 0 Å². The molecule has 1 amide bonds. The zero-order chi connectivity index (χ0) is 33.0. The molecule has 8 nitrogen and oxygen atoms in total. The second-order valence-electron chi connectivity index (χ2n) is 12.1. The number of likely N-dealkylation sites (N-methyl/N-ethyl adjacent to an activating group) is 1. The number of carbonyl (C=O) groups excluding carboxylic acids is 1. The zero-order valence-electron chi connectivity index (χ0n) is 26.1. The highest BCUT2D eigenvalue weighted by molar-refractivity contribution is 5.60. The Morgan fingerprint density at radius 1 is 0.979 bits per heavy atom. The van der Waals surface area contributed by atoms with Gasteiger partial charge in [-0.25, -0.2) is 19.4 Å². The Bertz CT molecular complexity index is 1790. The summed E-state index contributed by atoms with van der Waals surface area (Å²) in [6, 6.07) is 25.8. The molecular formula is C36H36F3N6O2+. The number of hydrogen-bond donors (Lipinski definition) is 2. The third-order valence-corrected chi connectivity index (χ3v) is 9.03. The van der Waals surface area contributed by atoms with E-state index in [0.717, 1.165) is 17.2 Å². The smallest absolute Gasteiger partial charge is 0.415 e. The zero-order valence-corrected chi connectivity index (χ0v) is 26.1. The number of aromatic amines is 1. The van der Waals surface area contributed by atoms with Gasteiger partial charge in [0.1, 0.15) is 6.61 Å². The van der Waals surface area contributed by atoms with Crippen molar-refractivity contribution in [2.24, 2.45) is 0 Å². The Morgan fingerprint density at radius 2 is 1.72 bits per heavy atom. The molecule has 1 fully saturated rings. The van der Waals surface area contributed by atoms with Crippen molar-refractivity contribution in [1.29, 1.82) is 0 Å². The molecular weight excluding hydrogens is 605 g/mol. The Kier molecular flexibility index (Phi) is 9.08. The second-order valence-corrected chi connectivity index (χ2v) is 12.1. The molecule has 5 unspecified atom stereocenters. The van der Waals surface area contributed by atoms with Crippen LogP contribution < -0.4 is 5.32 Å². The van der Waals surface area contributed by atoms with E-state index in [2.05, 4.69) is 20.3 Å². The van der Waals surface area contributed by atoms with Crippen LogP contribution in [0.5, 0.6) is 0 Å². The van der Waals surface area contributed by atoms with E-state index in [1.807, 2.05) is 67.6 Å². The first-order valence-corrected chi connectivity index (χ1v) is 15.5. The maximum Gasteiger partial charge on any atom is 0.516 e. The van der Waals surface area contributed by atoms with Crippen LogP contribution in [0, 0.1) is 0 Å². The molecule has 5 aromatic rings. The van der Waals surface area contributed by atoms with E-state index >= 15 is 0 Å². The van der Waals surface area contributed by atoms with Gasteiger partial charge in [-0.05, 0) is 35.7 Å². The summed E-state index contributed by atoms with van der Waals surface area (Å²) in [5, 5.41) is 3.35. The summed E-state index contributed by atoms with van der Waals surface area (Å²) in [7, 11) is 1.80. The lowest BCUT2D eigenvalue weighted by molar-refractivity contribution is -0.878. The number of aromatic nitrogens is 4. The minimum Gasteiger partial charge on any atom is -0.415 e. The molecule has 2 aromatic heterocycles. The molecule has 242 valence electrons. The topological polar surface area (TPSA) is 92.8 Å². The Balaban J connectivity index is 1.39. The van der Waals surface area contributed by atoms with Crippen molar-refractivity contribution in [1.82, 2.24) is 19.9 Å². The summed E-state index contributed by atoms with van der Waals surface area (Å²) in [4.78, 5) is 31.1. The number of imidazole rings is 1. The number of quaternary nitrogens is 1. The highest BCUT2D eigenvalue weighted by atomic mass is 19.4. The van der Waals surface area contributed by atoms with Gasteiger partial charge < -0.3 is 15.0 Å². The number of hydrogen-bond acceptors (Lipinski definition) is 6. The number of alkyl halides is 3. The van der Waals surface area contributed by atoms with Gasteiger partial charge in [0.05, 0.1) is 36.8 Å². The molecule has 11 heteroatoms. The van der Waals surface area contributed by atoms with Crippen molar-refractivity contribution in [3.05, 3.63) is 143 Å². The van der Waals surface area contributed by atoms with Crippen molar-refractivity contribution < 1.29 is 27.2 Å². The van der Waals surface area contributed by atoms with Gasteiger partial charge in [-0.3, -0.25) is 0 Å². The molecule has 1 aliphatic heterocycles. The van der Waals surface area contributed by atoms with E-state index in [4.69, 9.17) is 9.72 Å². The predicted octanol–water partition coefficient (Wildman–Crippen LogP) is 8.19. The fraction of sp³-hybridized carbons (Fsp3) is 0.278. The van der Waals surface area contributed by atoms with Gasteiger partial charge in [0.25, 0.3) is 0 Å². The molecule has 0 spiro atoms. The predicted molar refractivity (Wildman–Crippen MR) is 171 cm³/mol. The van der Waals surface area contributed by atoms with Crippen molar-refractivity contribution >= 4 is 12.0 Å². The molecule has 47 heavy (non-hydrogen) atoms. The molecule has 1 aliphatic rings. The molecule has 5 atom stereocenters. The number of amides is 1. The Hall–Kier alpha value is -5.03. The van der Waals surface area contributed by atoms with Gasteiger partial charge in [0.15, 0.2) is 11.9 Å². The van der Waals surface area contributed by atoms with Gasteiger partial charge in [-0.15, -0.1) is 0 Å². The molecule has 2 N–H and O–H groups in total. The SMILES string of the molecule is CC(Nc1nccc(C2C[N+](C)(C(=O)OCc3ccccc3)C(c3ncc[nH]3)CC2c2cccc(C(F)(F)F)c2)n1)c1ccccc1. The van der Waals surface area contributed by atoms with Crippen molar-refractivity contribution in [2.45, 2.75) is 50.0 Å². The molecule has 1 saturated heterocycles. The third-order valence-electron chi connectivity index (χ3n) is 9.03. The van der Waals surface area contributed by atoms with Crippen LogP contribution >= 0.6 is 0 Å². The van der Waals surface area contributed by atoms with E-state index in [1.54, 1.807) is 37.8 Å². The molecule has 0 saturated carbocycles. The third kappa shape index (κ3) is 7.05. The summed E-state index contributed by atoms with van der Waals surface area (Å²) in [6.45, 7) is 2.28. The van der Waals surface area contributed by atoms with Gasteiger partial charge in [-0.2, -0.15) is 18.0 Å². The van der Waals surface area contributed by atoms with Gasteiger partial charge in [0.2, 0.25) is 5.95 Å². The summed E-state index contributed by atoms with van der Waals surface area (Å²) in [5.74, 6) is 0.0429. The number of anilines is 1. The molecule has 0 radical (unpaired) electrons. The van der Waals surface area contributed by atoms with Crippen LogP contribution in [0.15, 0.2) is 110 Å². The molecule has 3 aromatic carbocycles. The minimum absolute atomic E-state index is 0.0824. The largest absolute Gasteiger partial charge is 0.516 e. The summed E-state index contributed by atoms with van der Waals surface area (Å²) in [6.07, 6.45) is 0.262. The van der Waals surface area contributed by atoms with Gasteiger partial charge in [0, 0.05) is 30.9 Å². The van der Waals surface area contributed by atoms with E-state index in [9.17, 15) is 18.0 Å². The molecule has 0 bridgehead atoms. The molecule has 3 heterocycles. The van der Waals surface area contributed by atoms with Gasteiger partial charge in [-0.1, -0.05) is 78.9 Å². The van der Waals surface area contributed by atoms with Crippen LogP contribution in [0.25, 0.3) is 0 Å². The monoisotopic (exact) mass is 641 g/mol. The maximum absolute atomic E-state index is 14.1. The highest BCUT2D eigenvalue weighted by Gasteiger charge is 2.54. The van der Waals surface area contributed by atoms with Crippen LogP contribution in [-0.2, 0) is 17.5 Å². The molecule has 0 aliphatic carbocycles. The first kappa shape index (κ1) is 31.9. The average Bonchev–Trinajstić information content (AvgIpc) is 3.62. The van der Waals surface area contributed by atoms with Crippen molar-refractivity contribution in [2.75, 3.05) is 18.9 Å². The Morgan fingerprint density at radius 3 is 2.43 bits per heavy atom. The van der Waals surface area contributed by atoms with Crippen LogP contribution in [0.4, 0.5) is 23.9 Å². The number of rotatable bonds is 8. The Labute approximate surface area is 271 Å². The van der Waals surface area contributed by atoms with Crippen LogP contribution in [0.1, 0.15) is 71.0 Å². The van der Waals surface area contributed by atoms with E-state index in [-0.39, 0.29) is 23.7 Å². The fourth-order valence-electron chi connectivity index (χ4n) is 6.49. The second kappa shape index (κ2) is 13.4. The lowest BCUT2D eigenvalue weighted by atomic mass is 9.74. The standard InChI is InChI=1S/C36H36F3N6O2/c1-24(26-12-7-4-8-13-26)43-34-42-17-16-31(44-34)30-22-45(2,35(46)47-23-25-10-5-3-6-11-25)32(33-40-18-19-41-33)21-29(30)27-14-9-15-28(20-27)36(37,38)39/h3-20,24,29-30,32H,21-23H2,1-2H3,(H,40,41)(H,42,43,44)/q+1. The van der Waals surface area contributed by atoms with Crippen molar-refractivity contribution in [3.63, 3.8) is 0 Å². The number of H-pyrrole nitrogens is 1. The normalized spacial score (nSPS) is 21.9. The van der Waals surface area contributed by atoms with Crippen molar-refractivity contribution in [3.8, 4) is 0 Å². The van der Waals surface area contributed by atoms with E-state index in [0.29, 0.717) is 29.5 Å². The van der Waals surface area contributed by atoms with Gasteiger partial charge >= 0.3 is 12.3 Å². The summed E-state index contributed by atoms with van der Waals surface area (Å²) >= 11 is 0. The van der Waals surface area contributed by atoms with E-state index in [1.165, 1.54) is 12.1 Å². The average molecular weight is 642 g/mol. The lowest BCUT2D eigenvalue weighted by Crippen LogP contribution is -2.58. The number of piperidine rings is 1. The summed E-state index contributed by atoms with van der Waals surface area (Å²) < 4.78 is 47.5. The van der Waals surface area contributed by atoms with E-state index < -0.39 is 35.7 Å². The highest BCUT2D eigenvalue weighted by Crippen LogP contribution is 2.50. The van der Waals surface area contributed by atoms with Crippen LogP contribution in [0.2, 0.25) is 0 Å². The number of nitrogens with zero attached hydrogens (tertiary/aromatic N) is 4. The summed E-state index contributed by atoms with van der Waals surface area (Å²) in [5.41, 5.74) is 2.29. The molecule has 6 rings (SSSR count). The number of halogens is 3. The number of likely N-dealkylation sites (tertiary alicyclic amines) is 1. The minimum atomic E-state index is -4.51. The lowest BCUT2D eigenvalue weighted by Gasteiger charge is -2.46. The maximum atomic E-state index is 14.1. The van der Waals surface area contributed by atoms with Crippen LogP contribution in [-0.4, -0.2) is 44.1 Å². The number of benzene rings is 3. The number of nitrogens with one attached hydrogen (secondary N) is 2. The quantitative estimate of drug-likeness (QED) is 0.166. The number of carbonyl (C=O) groups is 1. The first-order chi connectivity index (χ1) is 22.6. The number of ether oxygens (including phenoxy) is 1. The first-order valence-electron chi connectivity index (χ1n) is 15.5.